The van der Waals surface area contributed by atoms with Crippen molar-refractivity contribution in [3.63, 3.8) is 0 Å². The number of anilines is 1. The lowest BCUT2D eigenvalue weighted by Crippen LogP contribution is -2.52. The van der Waals surface area contributed by atoms with Gasteiger partial charge in [-0.15, -0.1) is 0 Å². The molecule has 9 heteroatoms. The number of aromatic amines is 1. The third-order valence-corrected chi connectivity index (χ3v) is 6.51. The molecule has 0 saturated carbocycles. The average Bonchev–Trinajstić information content (AvgIpc) is 3.18. The van der Waals surface area contributed by atoms with Crippen LogP contribution in [-0.2, 0) is 10.0 Å². The van der Waals surface area contributed by atoms with Gasteiger partial charge in [0.05, 0.1) is 6.26 Å². The molecule has 1 fully saturated rings. The standard InChI is InChI=1S/C21H26N6O2S/c1-17-16-20(24-23-17)27-19(9-8-18-6-4-3-5-7-18)22-11-10-21(27)25-12-14-26(15-13-25)30(2,28)29/h3-11,16,19H,12-15H2,1-2H3,(H,23,24). The van der Waals surface area contributed by atoms with Crippen LogP contribution in [0.25, 0.3) is 6.08 Å². The minimum absolute atomic E-state index is 0.249. The minimum atomic E-state index is -3.17. The zero-order valence-corrected chi connectivity index (χ0v) is 18.0. The Balaban J connectivity index is 1.60. The number of aryl methyl sites for hydroxylation is 1. The average molecular weight is 427 g/mol. The van der Waals surface area contributed by atoms with Crippen molar-refractivity contribution in [1.82, 2.24) is 19.4 Å². The SMILES string of the molecule is Cc1cc(N2C(N3CCN(S(C)(=O)=O)CC3)=CC=NC2C=Cc2ccccc2)n[nH]1. The van der Waals surface area contributed by atoms with E-state index in [-0.39, 0.29) is 6.17 Å². The topological polar surface area (TPSA) is 84.9 Å². The van der Waals surface area contributed by atoms with E-state index >= 15 is 0 Å². The second kappa shape index (κ2) is 8.45. The number of hydrogen-bond donors (Lipinski definition) is 1. The molecule has 0 spiro atoms. The summed E-state index contributed by atoms with van der Waals surface area (Å²) in [5, 5.41) is 7.47. The summed E-state index contributed by atoms with van der Waals surface area (Å²) in [5.74, 6) is 1.75. The van der Waals surface area contributed by atoms with Crippen LogP contribution < -0.4 is 4.90 Å². The largest absolute Gasteiger partial charge is 0.355 e. The van der Waals surface area contributed by atoms with Crippen LogP contribution in [0.1, 0.15) is 11.3 Å². The Hall–Kier alpha value is -2.91. The fourth-order valence-corrected chi connectivity index (χ4v) is 4.49. The van der Waals surface area contributed by atoms with Gasteiger partial charge < -0.3 is 4.90 Å². The molecule has 1 aromatic heterocycles. The molecule has 1 atom stereocenters. The number of aromatic nitrogens is 2. The molecule has 0 amide bonds. The van der Waals surface area contributed by atoms with E-state index in [1.54, 1.807) is 0 Å². The van der Waals surface area contributed by atoms with Gasteiger partial charge in [-0.1, -0.05) is 36.4 Å². The Morgan fingerprint density at radius 2 is 1.87 bits per heavy atom. The Bertz CT molecular complexity index is 1070. The van der Waals surface area contributed by atoms with Crippen molar-refractivity contribution in [2.75, 3.05) is 37.3 Å². The number of sulfonamides is 1. The number of piperazine rings is 1. The Labute approximate surface area is 177 Å². The highest BCUT2D eigenvalue weighted by Crippen LogP contribution is 2.28. The zero-order valence-electron chi connectivity index (χ0n) is 17.1. The fraction of sp³-hybridized carbons (Fsp3) is 0.333. The van der Waals surface area contributed by atoms with E-state index in [9.17, 15) is 8.42 Å². The number of rotatable bonds is 5. The molecule has 30 heavy (non-hydrogen) atoms. The summed E-state index contributed by atoms with van der Waals surface area (Å²) in [5.41, 5.74) is 2.07. The monoisotopic (exact) mass is 426 g/mol. The van der Waals surface area contributed by atoms with Crippen LogP contribution in [-0.4, -0.2) is 72.6 Å². The van der Waals surface area contributed by atoms with Crippen molar-refractivity contribution in [2.24, 2.45) is 4.99 Å². The third kappa shape index (κ3) is 4.47. The van der Waals surface area contributed by atoms with Crippen LogP contribution in [0.2, 0.25) is 0 Å². The van der Waals surface area contributed by atoms with Crippen LogP contribution >= 0.6 is 0 Å². The van der Waals surface area contributed by atoms with E-state index in [4.69, 9.17) is 0 Å². The molecule has 8 nitrogen and oxygen atoms in total. The van der Waals surface area contributed by atoms with Crippen molar-refractivity contribution >= 4 is 28.1 Å². The lowest BCUT2D eigenvalue weighted by Gasteiger charge is -2.42. The number of allylic oxidation sites excluding steroid dienone is 1. The van der Waals surface area contributed by atoms with Gasteiger partial charge in [-0.05, 0) is 24.6 Å². The Morgan fingerprint density at radius 3 is 2.50 bits per heavy atom. The van der Waals surface area contributed by atoms with Gasteiger partial charge in [0.25, 0.3) is 0 Å². The lowest BCUT2D eigenvalue weighted by atomic mass is 10.2. The van der Waals surface area contributed by atoms with Gasteiger partial charge in [0.2, 0.25) is 10.0 Å². The van der Waals surface area contributed by atoms with Crippen LogP contribution in [0.15, 0.2) is 59.4 Å². The van der Waals surface area contributed by atoms with Gasteiger partial charge in [-0.25, -0.2) is 8.42 Å². The molecule has 1 saturated heterocycles. The molecule has 1 aromatic carbocycles. The molecule has 0 aliphatic carbocycles. The highest BCUT2D eigenvalue weighted by atomic mass is 32.2. The summed E-state index contributed by atoms with van der Waals surface area (Å²) in [4.78, 5) is 8.94. The van der Waals surface area contributed by atoms with E-state index in [1.165, 1.54) is 10.6 Å². The first-order valence-electron chi connectivity index (χ1n) is 9.90. The summed E-state index contributed by atoms with van der Waals surface area (Å²) < 4.78 is 25.3. The third-order valence-electron chi connectivity index (χ3n) is 5.21. The smallest absolute Gasteiger partial charge is 0.211 e. The molecule has 2 aliphatic rings. The van der Waals surface area contributed by atoms with Crippen molar-refractivity contribution in [1.29, 1.82) is 0 Å². The maximum Gasteiger partial charge on any atom is 0.211 e. The maximum atomic E-state index is 11.9. The number of aliphatic imine (C=N–C) groups is 1. The first kappa shape index (κ1) is 20.4. The van der Waals surface area contributed by atoms with Crippen LogP contribution in [0.5, 0.6) is 0 Å². The molecule has 158 valence electrons. The molecule has 0 radical (unpaired) electrons. The highest BCUT2D eigenvalue weighted by Gasteiger charge is 2.31. The van der Waals surface area contributed by atoms with Crippen LogP contribution in [0, 0.1) is 6.92 Å². The Morgan fingerprint density at radius 1 is 1.13 bits per heavy atom. The van der Waals surface area contributed by atoms with Crippen molar-refractivity contribution in [3.8, 4) is 0 Å². The fourth-order valence-electron chi connectivity index (χ4n) is 3.66. The molecular weight excluding hydrogens is 400 g/mol. The predicted octanol–water partition coefficient (Wildman–Crippen LogP) is 2.07. The van der Waals surface area contributed by atoms with Crippen molar-refractivity contribution in [3.05, 3.63) is 65.6 Å². The summed E-state index contributed by atoms with van der Waals surface area (Å²) in [6, 6.07) is 12.1. The second-order valence-electron chi connectivity index (χ2n) is 7.43. The van der Waals surface area contributed by atoms with Gasteiger partial charge >= 0.3 is 0 Å². The van der Waals surface area contributed by atoms with E-state index < -0.39 is 10.0 Å². The molecular formula is C21H26N6O2S. The predicted molar refractivity (Wildman–Crippen MR) is 120 cm³/mol. The molecule has 3 heterocycles. The maximum absolute atomic E-state index is 11.9. The summed E-state index contributed by atoms with van der Waals surface area (Å²) >= 11 is 0. The molecule has 1 N–H and O–H groups in total. The number of nitrogens with one attached hydrogen (secondary N) is 1. The molecule has 4 rings (SSSR count). The van der Waals surface area contributed by atoms with Gasteiger partial charge in [-0.2, -0.15) is 9.40 Å². The number of hydrogen-bond acceptors (Lipinski definition) is 6. The quantitative estimate of drug-likeness (QED) is 0.791. The summed E-state index contributed by atoms with van der Waals surface area (Å²) in [6.07, 6.45) is 8.90. The number of H-pyrrole nitrogens is 1. The van der Waals surface area contributed by atoms with Gasteiger partial charge in [-0.3, -0.25) is 15.0 Å². The first-order chi connectivity index (χ1) is 14.4. The summed E-state index contributed by atoms with van der Waals surface area (Å²) in [7, 11) is -3.17. The molecule has 1 unspecified atom stereocenters. The lowest BCUT2D eigenvalue weighted by molar-refractivity contribution is 0.223. The number of nitrogens with zero attached hydrogens (tertiary/aromatic N) is 5. The normalized spacial score (nSPS) is 20.7. The minimum Gasteiger partial charge on any atom is -0.355 e. The highest BCUT2D eigenvalue weighted by molar-refractivity contribution is 7.88. The first-order valence-corrected chi connectivity index (χ1v) is 11.7. The molecule has 2 aliphatic heterocycles. The van der Waals surface area contributed by atoms with Crippen LogP contribution in [0.3, 0.4) is 0 Å². The van der Waals surface area contributed by atoms with Crippen molar-refractivity contribution < 1.29 is 8.42 Å². The van der Waals surface area contributed by atoms with Gasteiger partial charge in [0.15, 0.2) is 5.82 Å². The van der Waals surface area contributed by atoms with E-state index in [2.05, 4.69) is 37.1 Å². The van der Waals surface area contributed by atoms with Gasteiger partial charge in [0.1, 0.15) is 12.0 Å². The molecule has 2 aromatic rings. The Kier molecular flexibility index (Phi) is 5.74. The van der Waals surface area contributed by atoms with E-state index in [0.717, 1.165) is 22.9 Å². The summed E-state index contributed by atoms with van der Waals surface area (Å²) in [6.45, 7) is 4.12. The number of benzene rings is 1. The second-order valence-corrected chi connectivity index (χ2v) is 9.42. The van der Waals surface area contributed by atoms with Gasteiger partial charge in [0, 0.05) is 44.2 Å². The van der Waals surface area contributed by atoms with E-state index in [1.807, 2.05) is 55.6 Å². The molecule has 0 bridgehead atoms. The zero-order chi connectivity index (χ0) is 21.1. The van der Waals surface area contributed by atoms with Crippen molar-refractivity contribution in [2.45, 2.75) is 13.1 Å². The van der Waals surface area contributed by atoms with E-state index in [0.29, 0.717) is 26.2 Å². The van der Waals surface area contributed by atoms with Crippen LogP contribution in [0.4, 0.5) is 5.82 Å².